The number of carbonyl (C=O) groups is 2. The van der Waals surface area contributed by atoms with E-state index in [0.717, 1.165) is 0 Å². The molecule has 1 rings (SSSR count). The molecule has 0 aliphatic rings. The van der Waals surface area contributed by atoms with E-state index in [1.807, 2.05) is 0 Å². The van der Waals surface area contributed by atoms with Crippen molar-refractivity contribution >= 4 is 11.9 Å². The van der Waals surface area contributed by atoms with Crippen LogP contribution in [0, 0.1) is 0 Å². The van der Waals surface area contributed by atoms with Crippen LogP contribution in [0.15, 0.2) is 24.3 Å². The zero-order valence-electron chi connectivity index (χ0n) is 9.94. The molecule has 1 aromatic rings. The first-order valence-electron chi connectivity index (χ1n) is 4.05. The van der Waals surface area contributed by atoms with E-state index in [2.05, 4.69) is 0 Å². The largest absolute Gasteiger partial charge is 1.00 e. The summed E-state index contributed by atoms with van der Waals surface area (Å²) in [5.41, 5.74) is 0. The summed E-state index contributed by atoms with van der Waals surface area (Å²) in [6.45, 7) is 2.64. The van der Waals surface area contributed by atoms with E-state index in [4.69, 9.17) is 9.47 Å². The molecule has 76 valence electrons. The molecule has 0 atom stereocenters. The normalized spacial score (nSPS) is 8.67. The van der Waals surface area contributed by atoms with Crippen LogP contribution in [0.1, 0.15) is 15.3 Å². The minimum Gasteiger partial charge on any atom is -1.00 e. The summed E-state index contributed by atoms with van der Waals surface area (Å²) in [5, 5.41) is 0. The van der Waals surface area contributed by atoms with Crippen molar-refractivity contribution in [3.05, 3.63) is 24.3 Å². The van der Waals surface area contributed by atoms with Crippen LogP contribution < -0.4 is 60.9 Å². The van der Waals surface area contributed by atoms with Gasteiger partial charge in [0.25, 0.3) is 0 Å². The van der Waals surface area contributed by atoms with Crippen LogP contribution in [0.2, 0.25) is 0 Å². The first-order chi connectivity index (χ1) is 6.58. The maximum Gasteiger partial charge on any atom is 1.00 e. The van der Waals surface area contributed by atoms with E-state index in [1.165, 1.54) is 13.8 Å². The van der Waals surface area contributed by atoms with Crippen LogP contribution in [0.4, 0.5) is 0 Å². The van der Waals surface area contributed by atoms with Crippen molar-refractivity contribution < 1.29 is 71.9 Å². The Morgan fingerprint density at radius 3 is 1.40 bits per heavy atom. The average molecular weight is 234 g/mol. The Hall–Kier alpha value is -0.204. The van der Waals surface area contributed by atoms with Crippen molar-refractivity contribution in [2.24, 2.45) is 0 Å². The fourth-order valence-corrected chi connectivity index (χ4v) is 0.908. The van der Waals surface area contributed by atoms with Crippen molar-refractivity contribution in [1.29, 1.82) is 0 Å². The summed E-state index contributed by atoms with van der Waals surface area (Å²) in [6.07, 6.45) is 0. The molecule has 0 radical (unpaired) electrons. The molecule has 1 aromatic carbocycles. The molecule has 0 N–H and O–H groups in total. The molecule has 15 heavy (non-hydrogen) atoms. The van der Waals surface area contributed by atoms with Crippen LogP contribution in [0.5, 0.6) is 11.5 Å². The predicted octanol–water partition coefficient (Wildman–Crippen LogP) is -1.35. The van der Waals surface area contributed by atoms with Crippen LogP contribution in [0.25, 0.3) is 0 Å². The Labute approximate surface area is 132 Å². The van der Waals surface area contributed by atoms with E-state index in [0.29, 0.717) is 11.5 Å². The first kappa shape index (κ1) is 14.8. The number of ether oxygens (including phenoxy) is 2. The van der Waals surface area contributed by atoms with Crippen LogP contribution in [0.3, 0.4) is 0 Å². The quantitative estimate of drug-likeness (QED) is 0.361. The Morgan fingerprint density at radius 1 is 0.933 bits per heavy atom. The van der Waals surface area contributed by atoms with Crippen molar-refractivity contribution in [2.75, 3.05) is 0 Å². The fraction of sp³-hybridized carbons (Fsp3) is 0.200. The minimum absolute atomic E-state index is 0. The van der Waals surface area contributed by atoms with Gasteiger partial charge < -0.3 is 10.9 Å². The third-order valence-corrected chi connectivity index (χ3v) is 1.35. The molecule has 0 spiro atoms. The Balaban J connectivity index is 0. The van der Waals surface area contributed by atoms with Gasteiger partial charge in [-0.15, -0.1) is 0 Å². The maximum atomic E-state index is 10.6. The molecule has 4 nitrogen and oxygen atoms in total. The average Bonchev–Trinajstić information content (AvgIpc) is 2.06. The molecule has 0 aliphatic heterocycles. The van der Waals surface area contributed by atoms with Gasteiger partial charge in [-0.1, -0.05) is 0 Å². The summed E-state index contributed by atoms with van der Waals surface area (Å²) in [4.78, 5) is 21.1. The summed E-state index contributed by atoms with van der Waals surface area (Å²) in [5.74, 6) is 0.0808. The molecule has 0 saturated heterocycles. The van der Waals surface area contributed by atoms with Crippen LogP contribution in [-0.2, 0) is 9.59 Å². The van der Waals surface area contributed by atoms with Crippen molar-refractivity contribution in [2.45, 2.75) is 13.8 Å². The van der Waals surface area contributed by atoms with E-state index in [-0.39, 0.29) is 64.7 Å². The maximum absolute atomic E-state index is 10.6. The van der Waals surface area contributed by atoms with Crippen molar-refractivity contribution in [3.8, 4) is 11.5 Å². The molecule has 0 bridgehead atoms. The van der Waals surface area contributed by atoms with Gasteiger partial charge in [-0.2, -0.15) is 0 Å². The number of benzene rings is 1. The van der Waals surface area contributed by atoms with Gasteiger partial charge in [0.15, 0.2) is 0 Å². The first-order valence-corrected chi connectivity index (χ1v) is 4.05. The smallest absolute Gasteiger partial charge is 1.00 e. The van der Waals surface area contributed by atoms with Gasteiger partial charge in [-0.05, 0) is 24.3 Å². The number of hydrogen-bond donors (Lipinski definition) is 0. The van der Waals surface area contributed by atoms with Gasteiger partial charge in [0, 0.05) is 13.8 Å². The molecule has 0 unspecified atom stereocenters. The SMILES string of the molecule is CC(=O)Oc1ccc(OC(C)=O)cc1.[H-].[K+]. The summed E-state index contributed by atoms with van der Waals surface area (Å²) >= 11 is 0. The molecular weight excluding hydrogens is 223 g/mol. The van der Waals surface area contributed by atoms with Gasteiger partial charge in [-0.3, -0.25) is 9.59 Å². The summed E-state index contributed by atoms with van der Waals surface area (Å²) in [7, 11) is 0. The van der Waals surface area contributed by atoms with Gasteiger partial charge in [-0.25, -0.2) is 0 Å². The molecule has 0 aromatic heterocycles. The third-order valence-electron chi connectivity index (χ3n) is 1.35. The molecule has 0 heterocycles. The molecule has 0 saturated carbocycles. The summed E-state index contributed by atoms with van der Waals surface area (Å²) in [6, 6.07) is 6.22. The summed E-state index contributed by atoms with van der Waals surface area (Å²) < 4.78 is 9.59. The second-order valence-electron chi connectivity index (χ2n) is 2.66. The Bertz CT molecular complexity index is 315. The zero-order valence-corrected chi connectivity index (χ0v) is 12.1. The number of esters is 2. The standard InChI is InChI=1S/C10H10O4.K.H/c1-7(11)13-9-3-5-10(6-4-9)14-8(2)12;;/h3-6H,1-2H3;;/q;+1;-1. The number of rotatable bonds is 2. The number of carbonyl (C=O) groups excluding carboxylic acids is 2. The molecule has 5 heteroatoms. The van der Waals surface area contributed by atoms with Gasteiger partial charge >= 0.3 is 63.3 Å². The molecule has 0 aliphatic carbocycles. The second kappa shape index (κ2) is 7.13. The predicted molar refractivity (Wildman–Crippen MR) is 50.2 cm³/mol. The Kier molecular flexibility index (Phi) is 7.04. The molecule has 0 amide bonds. The zero-order chi connectivity index (χ0) is 10.6. The van der Waals surface area contributed by atoms with Crippen LogP contribution in [-0.4, -0.2) is 11.9 Å². The second-order valence-corrected chi connectivity index (χ2v) is 2.66. The molecular formula is C10H11KO4. The minimum atomic E-state index is -0.384. The monoisotopic (exact) mass is 234 g/mol. The van der Waals surface area contributed by atoms with E-state index < -0.39 is 0 Å². The van der Waals surface area contributed by atoms with Crippen LogP contribution >= 0.6 is 0 Å². The number of hydrogen-bond acceptors (Lipinski definition) is 4. The molecule has 0 fully saturated rings. The van der Waals surface area contributed by atoms with E-state index in [9.17, 15) is 9.59 Å². The van der Waals surface area contributed by atoms with Gasteiger partial charge in [0.05, 0.1) is 0 Å². The van der Waals surface area contributed by atoms with Gasteiger partial charge in [0.1, 0.15) is 11.5 Å². The van der Waals surface area contributed by atoms with E-state index >= 15 is 0 Å². The van der Waals surface area contributed by atoms with Crippen molar-refractivity contribution in [3.63, 3.8) is 0 Å². The topological polar surface area (TPSA) is 52.6 Å². The van der Waals surface area contributed by atoms with Gasteiger partial charge in [0.2, 0.25) is 0 Å². The van der Waals surface area contributed by atoms with E-state index in [1.54, 1.807) is 24.3 Å². The van der Waals surface area contributed by atoms with Crippen molar-refractivity contribution in [1.82, 2.24) is 0 Å². The Morgan fingerprint density at radius 2 is 1.20 bits per heavy atom. The fourth-order valence-electron chi connectivity index (χ4n) is 0.908. The third kappa shape index (κ3) is 6.06.